The van der Waals surface area contributed by atoms with Gasteiger partial charge < -0.3 is 4.74 Å². The zero-order valence-electron chi connectivity index (χ0n) is 12.3. The van der Waals surface area contributed by atoms with E-state index >= 15 is 0 Å². The summed E-state index contributed by atoms with van der Waals surface area (Å²) < 4.78 is 37.9. The maximum absolute atomic E-state index is 11.7. The summed E-state index contributed by atoms with van der Waals surface area (Å²) in [6.45, 7) is 8.52. The summed E-state index contributed by atoms with van der Waals surface area (Å²) in [7, 11) is -4.34. The van der Waals surface area contributed by atoms with Crippen molar-refractivity contribution in [1.29, 1.82) is 0 Å². The van der Waals surface area contributed by atoms with E-state index in [9.17, 15) is 17.8 Å². The molecule has 0 radical (unpaired) electrons. The van der Waals surface area contributed by atoms with Gasteiger partial charge in [0.2, 0.25) is 0 Å². The Labute approximate surface area is 119 Å². The van der Waals surface area contributed by atoms with Crippen molar-refractivity contribution in [1.82, 2.24) is 0 Å². The molecule has 0 unspecified atom stereocenters. The van der Waals surface area contributed by atoms with Crippen molar-refractivity contribution in [3.63, 3.8) is 0 Å². The third-order valence-electron chi connectivity index (χ3n) is 2.88. The fourth-order valence-electron chi connectivity index (χ4n) is 2.03. The van der Waals surface area contributed by atoms with Gasteiger partial charge in [0.25, 0.3) is 10.1 Å². The highest BCUT2D eigenvalue weighted by Gasteiger charge is 2.25. The standard InChI is InChI=1S/C14H20O5S/c1-8(2)12-6-11(19-10(5)15)7-13(9(3)4)14(12)20(16,17)18/h6-9H,1-5H3,(H,16,17,18). The highest BCUT2D eigenvalue weighted by atomic mass is 32.2. The zero-order valence-corrected chi connectivity index (χ0v) is 13.1. The van der Waals surface area contributed by atoms with Crippen molar-refractivity contribution in [3.8, 4) is 5.75 Å². The largest absolute Gasteiger partial charge is 0.427 e. The van der Waals surface area contributed by atoms with Crippen LogP contribution in [0, 0.1) is 0 Å². The molecule has 20 heavy (non-hydrogen) atoms. The summed E-state index contributed by atoms with van der Waals surface area (Å²) >= 11 is 0. The van der Waals surface area contributed by atoms with Crippen molar-refractivity contribution < 1.29 is 22.5 Å². The Morgan fingerprint density at radius 1 is 1.10 bits per heavy atom. The van der Waals surface area contributed by atoms with Gasteiger partial charge in [-0.05, 0) is 35.1 Å². The molecule has 0 atom stereocenters. The first kappa shape index (κ1) is 16.7. The van der Waals surface area contributed by atoms with Gasteiger partial charge in [-0.1, -0.05) is 27.7 Å². The molecule has 0 aromatic heterocycles. The molecule has 0 aliphatic rings. The Balaban J connectivity index is 3.68. The Bertz CT molecular complexity index is 585. The van der Waals surface area contributed by atoms with Crippen molar-refractivity contribution in [2.45, 2.75) is 51.3 Å². The Hall–Kier alpha value is -1.40. The van der Waals surface area contributed by atoms with E-state index in [0.29, 0.717) is 11.1 Å². The summed E-state index contributed by atoms with van der Waals surface area (Å²) in [6, 6.07) is 2.97. The van der Waals surface area contributed by atoms with E-state index in [1.807, 2.05) is 27.7 Å². The van der Waals surface area contributed by atoms with Crippen LogP contribution in [0.15, 0.2) is 17.0 Å². The minimum Gasteiger partial charge on any atom is -0.427 e. The zero-order chi connectivity index (χ0) is 15.7. The number of hydrogen-bond acceptors (Lipinski definition) is 4. The second-order valence-corrected chi connectivity index (χ2v) is 6.67. The predicted octanol–water partition coefficient (Wildman–Crippen LogP) is 3.11. The van der Waals surface area contributed by atoms with Crippen LogP contribution in [0.4, 0.5) is 0 Å². The molecule has 0 saturated heterocycles. The van der Waals surface area contributed by atoms with Crippen LogP contribution < -0.4 is 4.74 Å². The van der Waals surface area contributed by atoms with Crippen LogP contribution in [0.1, 0.15) is 57.6 Å². The van der Waals surface area contributed by atoms with Crippen molar-refractivity contribution in [2.75, 3.05) is 0 Å². The molecule has 5 nitrogen and oxygen atoms in total. The minimum atomic E-state index is -4.34. The maximum Gasteiger partial charge on any atom is 0.308 e. The van der Waals surface area contributed by atoms with Crippen molar-refractivity contribution in [3.05, 3.63) is 23.3 Å². The predicted molar refractivity (Wildman–Crippen MR) is 75.7 cm³/mol. The van der Waals surface area contributed by atoms with E-state index < -0.39 is 16.1 Å². The molecule has 0 aliphatic carbocycles. The summed E-state index contributed by atoms with van der Waals surface area (Å²) in [5, 5.41) is 0. The van der Waals surface area contributed by atoms with E-state index in [-0.39, 0.29) is 22.5 Å². The van der Waals surface area contributed by atoms with Gasteiger partial charge in [0.05, 0.1) is 0 Å². The highest BCUT2D eigenvalue weighted by Crippen LogP contribution is 2.35. The monoisotopic (exact) mass is 300 g/mol. The molecule has 1 rings (SSSR count). The summed E-state index contributed by atoms with van der Waals surface area (Å²) in [4.78, 5) is 11.0. The molecular formula is C14H20O5S. The maximum atomic E-state index is 11.7. The SMILES string of the molecule is CC(=O)Oc1cc(C(C)C)c(S(=O)(=O)O)c(C(C)C)c1. The fourth-order valence-corrected chi connectivity index (χ4v) is 3.21. The number of benzene rings is 1. The average molecular weight is 300 g/mol. The number of ether oxygens (including phenoxy) is 1. The Kier molecular flexibility index (Phi) is 4.94. The second kappa shape index (κ2) is 5.93. The topological polar surface area (TPSA) is 80.7 Å². The van der Waals surface area contributed by atoms with Gasteiger partial charge in [-0.25, -0.2) is 0 Å². The molecule has 1 aromatic rings. The molecule has 1 aromatic carbocycles. The molecular weight excluding hydrogens is 280 g/mol. The lowest BCUT2D eigenvalue weighted by Gasteiger charge is -2.19. The van der Waals surface area contributed by atoms with E-state index in [0.717, 1.165) is 0 Å². The molecule has 0 spiro atoms. The first-order chi connectivity index (χ1) is 9.04. The van der Waals surface area contributed by atoms with E-state index in [2.05, 4.69) is 0 Å². The van der Waals surface area contributed by atoms with Gasteiger partial charge in [0.1, 0.15) is 10.6 Å². The number of carbonyl (C=O) groups is 1. The van der Waals surface area contributed by atoms with Crippen LogP contribution >= 0.6 is 0 Å². The van der Waals surface area contributed by atoms with Gasteiger partial charge >= 0.3 is 5.97 Å². The molecule has 0 heterocycles. The molecule has 6 heteroatoms. The van der Waals surface area contributed by atoms with Crippen molar-refractivity contribution in [2.24, 2.45) is 0 Å². The van der Waals surface area contributed by atoms with Crippen LogP contribution in [0.25, 0.3) is 0 Å². The van der Waals surface area contributed by atoms with Gasteiger partial charge in [0.15, 0.2) is 0 Å². The first-order valence-electron chi connectivity index (χ1n) is 6.37. The number of carbonyl (C=O) groups excluding carboxylic acids is 1. The lowest BCUT2D eigenvalue weighted by Crippen LogP contribution is -2.11. The number of esters is 1. The fraction of sp³-hybridized carbons (Fsp3) is 0.500. The lowest BCUT2D eigenvalue weighted by molar-refractivity contribution is -0.131. The number of rotatable bonds is 4. The normalized spacial score (nSPS) is 12.0. The molecule has 112 valence electrons. The van der Waals surface area contributed by atoms with Gasteiger partial charge in [-0.3, -0.25) is 9.35 Å². The lowest BCUT2D eigenvalue weighted by atomic mass is 9.95. The summed E-state index contributed by atoms with van der Waals surface area (Å²) in [5.74, 6) is -0.466. The van der Waals surface area contributed by atoms with Gasteiger partial charge in [-0.2, -0.15) is 8.42 Å². The number of hydrogen-bond donors (Lipinski definition) is 1. The van der Waals surface area contributed by atoms with E-state index in [4.69, 9.17) is 4.74 Å². The Morgan fingerprint density at radius 2 is 1.50 bits per heavy atom. The molecule has 0 saturated carbocycles. The minimum absolute atomic E-state index is 0.0848. The third-order valence-corrected chi connectivity index (χ3v) is 3.87. The summed E-state index contributed by atoms with van der Waals surface area (Å²) in [6.07, 6.45) is 0. The summed E-state index contributed by atoms with van der Waals surface area (Å²) in [5.41, 5.74) is 0.880. The molecule has 0 fully saturated rings. The van der Waals surface area contributed by atoms with Gasteiger partial charge in [0, 0.05) is 6.92 Å². The smallest absolute Gasteiger partial charge is 0.308 e. The van der Waals surface area contributed by atoms with E-state index in [1.165, 1.54) is 19.1 Å². The highest BCUT2D eigenvalue weighted by molar-refractivity contribution is 7.86. The molecule has 1 N–H and O–H groups in total. The van der Waals surface area contributed by atoms with Crippen LogP contribution in [0.2, 0.25) is 0 Å². The average Bonchev–Trinajstić information content (AvgIpc) is 2.25. The molecule has 0 bridgehead atoms. The van der Waals surface area contributed by atoms with Crippen LogP contribution in [0.5, 0.6) is 5.75 Å². The van der Waals surface area contributed by atoms with Crippen LogP contribution in [-0.2, 0) is 14.9 Å². The third kappa shape index (κ3) is 3.80. The molecule has 0 aliphatic heterocycles. The van der Waals surface area contributed by atoms with Gasteiger partial charge in [-0.15, -0.1) is 0 Å². The molecule has 0 amide bonds. The van der Waals surface area contributed by atoms with Crippen LogP contribution in [-0.4, -0.2) is 18.9 Å². The first-order valence-corrected chi connectivity index (χ1v) is 7.81. The van der Waals surface area contributed by atoms with Crippen molar-refractivity contribution >= 4 is 16.1 Å². The Morgan fingerprint density at radius 3 is 1.75 bits per heavy atom. The quantitative estimate of drug-likeness (QED) is 0.525. The van der Waals surface area contributed by atoms with Crippen LogP contribution in [0.3, 0.4) is 0 Å². The van der Waals surface area contributed by atoms with E-state index in [1.54, 1.807) is 0 Å². The second-order valence-electron chi connectivity index (χ2n) is 5.31.